The van der Waals surface area contributed by atoms with E-state index in [4.69, 9.17) is 19.4 Å². The predicted octanol–water partition coefficient (Wildman–Crippen LogP) is 14.6. The molecular formula is C57H35N5O. The smallest absolute Gasteiger partial charge is 0.162 e. The summed E-state index contributed by atoms with van der Waals surface area (Å²) in [5.74, 6) is 1.51. The van der Waals surface area contributed by atoms with Gasteiger partial charge in [-0.25, -0.2) is 9.97 Å². The van der Waals surface area contributed by atoms with E-state index in [-0.39, 0.29) is 0 Å². The lowest BCUT2D eigenvalue weighted by molar-refractivity contribution is 0.667. The lowest BCUT2D eigenvalue weighted by atomic mass is 10.0. The Morgan fingerprint density at radius 1 is 0.333 bits per heavy atom. The molecule has 0 radical (unpaired) electrons. The van der Waals surface area contributed by atoms with Crippen molar-refractivity contribution in [2.75, 3.05) is 0 Å². The van der Waals surface area contributed by atoms with Crippen LogP contribution in [0.1, 0.15) is 0 Å². The Hall–Kier alpha value is -8.61. The van der Waals surface area contributed by atoms with Crippen molar-refractivity contribution in [3.8, 4) is 56.5 Å². The van der Waals surface area contributed by atoms with Gasteiger partial charge in [0.15, 0.2) is 11.4 Å². The molecule has 0 aliphatic rings. The van der Waals surface area contributed by atoms with Gasteiger partial charge in [0, 0.05) is 60.8 Å². The second-order valence-electron chi connectivity index (χ2n) is 16.0. The highest BCUT2D eigenvalue weighted by molar-refractivity contribution is 6.12. The molecule has 6 nitrogen and oxygen atoms in total. The third kappa shape index (κ3) is 5.69. The zero-order valence-corrected chi connectivity index (χ0v) is 33.9. The van der Waals surface area contributed by atoms with Crippen molar-refractivity contribution in [3.05, 3.63) is 212 Å². The van der Waals surface area contributed by atoms with Gasteiger partial charge in [0.25, 0.3) is 0 Å². The number of fused-ring (bicyclic) bond motifs is 9. The SMILES string of the molecule is c1ccc(-c2cc(-n3c4ccccc4c4cc(-c5ccc6c7ccccc7n(-c7ccc(-c8cc9c(cn8)oc8ccccc89)cc7)c6c5)ccc43)nc(-c3ccccc3)n2)cc1. The highest BCUT2D eigenvalue weighted by Gasteiger charge is 2.19. The van der Waals surface area contributed by atoms with Crippen LogP contribution in [-0.2, 0) is 0 Å². The summed E-state index contributed by atoms with van der Waals surface area (Å²) in [7, 11) is 0. The Balaban J connectivity index is 0.937. The van der Waals surface area contributed by atoms with E-state index < -0.39 is 0 Å². The molecule has 0 aliphatic heterocycles. The molecule has 13 rings (SSSR count). The van der Waals surface area contributed by atoms with E-state index in [2.05, 4.69) is 173 Å². The minimum absolute atomic E-state index is 0.689. The summed E-state index contributed by atoms with van der Waals surface area (Å²) in [5, 5.41) is 6.92. The molecule has 0 spiro atoms. The molecule has 63 heavy (non-hydrogen) atoms. The van der Waals surface area contributed by atoms with Crippen molar-refractivity contribution in [1.29, 1.82) is 0 Å². The average molecular weight is 806 g/mol. The Morgan fingerprint density at radius 2 is 0.921 bits per heavy atom. The first-order chi connectivity index (χ1) is 31.2. The van der Waals surface area contributed by atoms with E-state index in [1.807, 2.05) is 48.7 Å². The van der Waals surface area contributed by atoms with Crippen LogP contribution in [0.4, 0.5) is 0 Å². The van der Waals surface area contributed by atoms with E-state index in [0.717, 1.165) is 100 Å². The molecule has 294 valence electrons. The minimum Gasteiger partial charge on any atom is -0.454 e. The molecule has 0 N–H and O–H groups in total. The summed E-state index contributed by atoms with van der Waals surface area (Å²) in [4.78, 5) is 15.1. The first-order valence-corrected chi connectivity index (χ1v) is 21.2. The summed E-state index contributed by atoms with van der Waals surface area (Å²) < 4.78 is 10.7. The second kappa shape index (κ2) is 14.0. The van der Waals surface area contributed by atoms with Crippen LogP contribution in [0.2, 0.25) is 0 Å². The third-order valence-corrected chi connectivity index (χ3v) is 12.4. The van der Waals surface area contributed by atoms with Gasteiger partial charge in [-0.3, -0.25) is 9.55 Å². The minimum atomic E-state index is 0.689. The molecule has 0 unspecified atom stereocenters. The van der Waals surface area contributed by atoms with Crippen molar-refractivity contribution in [2.24, 2.45) is 0 Å². The summed E-state index contributed by atoms with van der Waals surface area (Å²) in [6, 6.07) is 72.7. The normalized spacial score (nSPS) is 11.8. The van der Waals surface area contributed by atoms with Gasteiger partial charge in [-0.2, -0.15) is 0 Å². The third-order valence-electron chi connectivity index (χ3n) is 12.4. The predicted molar refractivity (Wildman–Crippen MR) is 258 cm³/mol. The number of para-hydroxylation sites is 3. The first-order valence-electron chi connectivity index (χ1n) is 21.2. The lowest BCUT2D eigenvalue weighted by Gasteiger charge is -2.12. The Kier molecular flexibility index (Phi) is 7.80. The van der Waals surface area contributed by atoms with Crippen molar-refractivity contribution < 1.29 is 4.42 Å². The van der Waals surface area contributed by atoms with Crippen LogP contribution in [-0.4, -0.2) is 24.1 Å². The van der Waals surface area contributed by atoms with Gasteiger partial charge in [0.2, 0.25) is 0 Å². The molecule has 6 heteroatoms. The maximum Gasteiger partial charge on any atom is 0.162 e. The van der Waals surface area contributed by atoms with Gasteiger partial charge in [-0.15, -0.1) is 0 Å². The molecular weight excluding hydrogens is 771 g/mol. The van der Waals surface area contributed by atoms with Crippen LogP contribution in [0.3, 0.4) is 0 Å². The summed E-state index contributed by atoms with van der Waals surface area (Å²) in [5.41, 5.74) is 14.4. The molecule has 0 aliphatic carbocycles. The molecule has 0 saturated heterocycles. The van der Waals surface area contributed by atoms with E-state index in [0.29, 0.717) is 5.82 Å². The van der Waals surface area contributed by atoms with Crippen LogP contribution in [0, 0.1) is 0 Å². The fourth-order valence-corrected chi connectivity index (χ4v) is 9.42. The van der Waals surface area contributed by atoms with E-state index in [1.54, 1.807) is 0 Å². The molecule has 0 fully saturated rings. The van der Waals surface area contributed by atoms with Gasteiger partial charge in [-0.1, -0.05) is 146 Å². The lowest BCUT2D eigenvalue weighted by Crippen LogP contribution is -2.02. The quantitative estimate of drug-likeness (QED) is 0.168. The van der Waals surface area contributed by atoms with Crippen LogP contribution < -0.4 is 0 Å². The number of rotatable bonds is 6. The second-order valence-corrected chi connectivity index (χ2v) is 16.0. The number of furan rings is 1. The van der Waals surface area contributed by atoms with Crippen molar-refractivity contribution in [2.45, 2.75) is 0 Å². The molecule has 0 atom stereocenters. The zero-order chi connectivity index (χ0) is 41.4. The van der Waals surface area contributed by atoms with Gasteiger partial charge in [0.05, 0.1) is 39.7 Å². The number of hydrogen-bond donors (Lipinski definition) is 0. The Bertz CT molecular complexity index is 3840. The fourth-order valence-electron chi connectivity index (χ4n) is 9.42. The van der Waals surface area contributed by atoms with Crippen LogP contribution >= 0.6 is 0 Å². The molecule has 5 aromatic heterocycles. The summed E-state index contributed by atoms with van der Waals surface area (Å²) in [6.45, 7) is 0. The van der Waals surface area contributed by atoms with Gasteiger partial charge in [-0.05, 0) is 65.7 Å². The maximum atomic E-state index is 6.06. The van der Waals surface area contributed by atoms with Crippen LogP contribution in [0.15, 0.2) is 217 Å². The molecule has 0 bridgehead atoms. The fraction of sp³-hybridized carbons (Fsp3) is 0. The van der Waals surface area contributed by atoms with Crippen molar-refractivity contribution in [3.63, 3.8) is 0 Å². The number of nitrogens with zero attached hydrogens (tertiary/aromatic N) is 5. The van der Waals surface area contributed by atoms with Gasteiger partial charge < -0.3 is 8.98 Å². The van der Waals surface area contributed by atoms with E-state index in [1.165, 1.54) is 16.2 Å². The molecule has 13 aromatic rings. The highest BCUT2D eigenvalue weighted by Crippen LogP contribution is 2.39. The topological polar surface area (TPSA) is 61.7 Å². The summed E-state index contributed by atoms with van der Waals surface area (Å²) >= 11 is 0. The van der Waals surface area contributed by atoms with Crippen molar-refractivity contribution in [1.82, 2.24) is 24.1 Å². The largest absolute Gasteiger partial charge is 0.454 e. The maximum absolute atomic E-state index is 6.06. The van der Waals surface area contributed by atoms with E-state index >= 15 is 0 Å². The first kappa shape index (κ1) is 35.2. The molecule has 0 amide bonds. The molecule has 0 saturated carbocycles. The molecule has 8 aromatic carbocycles. The number of aromatic nitrogens is 5. The zero-order valence-electron chi connectivity index (χ0n) is 33.9. The average Bonchev–Trinajstić information content (AvgIpc) is 4.01. The highest BCUT2D eigenvalue weighted by atomic mass is 16.3. The summed E-state index contributed by atoms with van der Waals surface area (Å²) in [6.07, 6.45) is 1.84. The van der Waals surface area contributed by atoms with Crippen molar-refractivity contribution >= 4 is 65.6 Å². The Morgan fingerprint density at radius 3 is 1.71 bits per heavy atom. The standard InChI is InChI=1S/C57H35N5O/c1-3-13-36(14-4-1)49-34-56(60-57(59-49)38-15-5-2-6-16-38)62-51-21-11-8-18-43(51)46-31-39(26-30-52(46)62)40-25-29-44-42-17-7-10-20-50(42)61(53(44)32-40)41-27-23-37(24-28-41)48-33-47-45-19-9-12-22-54(45)63-55(47)35-58-48/h1-35H. The van der Waals surface area contributed by atoms with E-state index in [9.17, 15) is 0 Å². The van der Waals surface area contributed by atoms with Crippen LogP contribution in [0.5, 0.6) is 0 Å². The Labute approximate surface area is 361 Å². The molecule has 5 heterocycles. The number of hydrogen-bond acceptors (Lipinski definition) is 4. The van der Waals surface area contributed by atoms with Gasteiger partial charge in [0.1, 0.15) is 11.4 Å². The van der Waals surface area contributed by atoms with Gasteiger partial charge >= 0.3 is 0 Å². The number of pyridine rings is 1. The number of benzene rings is 8. The monoisotopic (exact) mass is 805 g/mol. The van der Waals surface area contributed by atoms with Crippen LogP contribution in [0.25, 0.3) is 122 Å².